The van der Waals surface area contributed by atoms with Crippen LogP contribution in [0.5, 0.6) is 0 Å². The van der Waals surface area contributed by atoms with Gasteiger partial charge in [0.1, 0.15) is 21.7 Å². The summed E-state index contributed by atoms with van der Waals surface area (Å²) in [7, 11) is 0. The lowest BCUT2D eigenvalue weighted by Crippen LogP contribution is -2.17. The van der Waals surface area contributed by atoms with E-state index in [1.54, 1.807) is 0 Å². The molecule has 1 amide bonds. The molecule has 0 heterocycles. The number of hydrogen-bond donors (Lipinski definition) is 2. The number of nitrogens with one attached hydrogen (secondary N) is 1. The van der Waals surface area contributed by atoms with Crippen LogP contribution >= 0.6 is 50.7 Å². The van der Waals surface area contributed by atoms with Gasteiger partial charge < -0.3 is 11.1 Å². The van der Waals surface area contributed by atoms with Gasteiger partial charge >= 0.3 is 0 Å². The number of nitrogen functional groups attached to an aromatic ring is 1. The van der Waals surface area contributed by atoms with E-state index >= 15 is 0 Å². The summed E-state index contributed by atoms with van der Waals surface area (Å²) in [5.74, 6) is -4.92. The van der Waals surface area contributed by atoms with Gasteiger partial charge in [0.15, 0.2) is 11.6 Å². The van der Waals surface area contributed by atoms with Gasteiger partial charge in [-0.05, 0) is 63.5 Å². The first kappa shape index (κ1) is 25.8. The van der Waals surface area contributed by atoms with E-state index in [4.69, 9.17) is 40.5 Å². The lowest BCUT2D eigenvalue weighted by atomic mass is 10.0. The number of Topliss-reactive ketones (excluding diaryl/α,β-unsaturated/α-hetero) is 1. The van der Waals surface area contributed by atoms with Crippen molar-refractivity contribution in [1.29, 1.82) is 0 Å². The van der Waals surface area contributed by atoms with Crippen molar-refractivity contribution in [3.8, 4) is 0 Å². The molecule has 0 radical (unpaired) electrons. The number of rotatable bonds is 6. The molecule has 35 heavy (non-hydrogen) atoms. The van der Waals surface area contributed by atoms with Crippen molar-refractivity contribution in [3.05, 3.63) is 92.2 Å². The third-order valence-electron chi connectivity index (χ3n) is 5.73. The topological polar surface area (TPSA) is 72.2 Å². The van der Waals surface area contributed by atoms with E-state index in [1.165, 1.54) is 36.4 Å². The number of alkyl halides is 2. The molecule has 11 heteroatoms. The van der Waals surface area contributed by atoms with Gasteiger partial charge in [0.05, 0.1) is 15.4 Å². The minimum atomic E-state index is -1.41. The van der Waals surface area contributed by atoms with Crippen molar-refractivity contribution in [1.82, 2.24) is 0 Å². The van der Waals surface area contributed by atoms with Crippen LogP contribution in [-0.4, -0.2) is 16.0 Å². The van der Waals surface area contributed by atoms with Crippen LogP contribution in [0.15, 0.2) is 53.0 Å². The Kier molecular flexibility index (Phi) is 7.12. The fourth-order valence-electron chi connectivity index (χ4n) is 3.83. The van der Waals surface area contributed by atoms with Gasteiger partial charge in [-0.15, -0.1) is 23.2 Å². The summed E-state index contributed by atoms with van der Waals surface area (Å²) in [5, 5.41) is 2.73. The number of hydrogen-bond acceptors (Lipinski definition) is 3. The summed E-state index contributed by atoms with van der Waals surface area (Å²) in [6.07, 6.45) is -0.427. The largest absolute Gasteiger partial charge is 0.394 e. The minimum Gasteiger partial charge on any atom is -0.394 e. The number of halogens is 7. The van der Waals surface area contributed by atoms with Crippen molar-refractivity contribution in [2.45, 2.75) is 16.7 Å². The molecule has 0 unspecified atom stereocenters. The van der Waals surface area contributed by atoms with Gasteiger partial charge in [0.25, 0.3) is 0 Å². The third-order valence-corrected chi connectivity index (χ3v) is 7.61. The molecule has 3 N–H and O–H groups in total. The summed E-state index contributed by atoms with van der Waals surface area (Å²) in [4.78, 5) is 25.7. The Morgan fingerprint density at radius 3 is 2.40 bits per heavy atom. The Labute approximate surface area is 221 Å². The maximum Gasteiger partial charge on any atom is 0.231 e. The fraction of sp³-hybridized carbons (Fsp3) is 0.167. The molecule has 4 nitrogen and oxygen atoms in total. The first-order valence-corrected chi connectivity index (χ1v) is 12.0. The molecule has 1 aliphatic rings. The highest BCUT2D eigenvalue weighted by atomic mass is 79.9. The Hall–Kier alpha value is -2.26. The Morgan fingerprint density at radius 2 is 1.71 bits per heavy atom. The maximum absolute atomic E-state index is 14.2. The summed E-state index contributed by atoms with van der Waals surface area (Å²) in [6.45, 7) is 0. The molecule has 1 fully saturated rings. The summed E-state index contributed by atoms with van der Waals surface area (Å²) in [5.41, 5.74) is 5.41. The third kappa shape index (κ3) is 5.03. The Bertz CT molecular complexity index is 1370. The molecule has 0 aliphatic heterocycles. The molecule has 2 atom stereocenters. The van der Waals surface area contributed by atoms with E-state index in [-0.39, 0.29) is 26.3 Å². The number of benzene rings is 3. The molecule has 0 saturated heterocycles. The SMILES string of the molecule is Nc1c(F)ccc(CC(=O)c2cc(NC(=O)[C@H]3[C@H](c4ccc(F)c(Br)c4)C3(Cl)Cl)ccc2Cl)c1F. The first-order chi connectivity index (χ1) is 16.4. The number of ketones is 1. The average Bonchev–Trinajstić information content (AvgIpc) is 3.39. The summed E-state index contributed by atoms with van der Waals surface area (Å²) >= 11 is 21.9. The van der Waals surface area contributed by atoms with E-state index in [0.29, 0.717) is 5.56 Å². The Morgan fingerprint density at radius 1 is 1.03 bits per heavy atom. The number of nitrogens with two attached hydrogens (primary N) is 1. The molecule has 1 aliphatic carbocycles. The first-order valence-electron chi connectivity index (χ1n) is 10.1. The summed E-state index contributed by atoms with van der Waals surface area (Å²) in [6, 6.07) is 10.6. The molecule has 0 bridgehead atoms. The second-order valence-corrected chi connectivity index (χ2v) is 10.7. The highest BCUT2D eigenvalue weighted by Crippen LogP contribution is 2.65. The quantitative estimate of drug-likeness (QED) is 0.179. The fourth-order valence-corrected chi connectivity index (χ4v) is 5.28. The van der Waals surface area contributed by atoms with E-state index in [2.05, 4.69) is 21.2 Å². The van der Waals surface area contributed by atoms with Gasteiger partial charge in [-0.3, -0.25) is 9.59 Å². The lowest BCUT2D eigenvalue weighted by molar-refractivity contribution is -0.117. The minimum absolute atomic E-state index is 0.0181. The van der Waals surface area contributed by atoms with Crippen molar-refractivity contribution in [2.75, 3.05) is 11.1 Å². The van der Waals surface area contributed by atoms with Crippen LogP contribution < -0.4 is 11.1 Å². The van der Waals surface area contributed by atoms with E-state index in [1.807, 2.05) is 0 Å². The zero-order chi connectivity index (χ0) is 25.7. The van der Waals surface area contributed by atoms with Crippen molar-refractivity contribution < 1.29 is 22.8 Å². The van der Waals surface area contributed by atoms with E-state index in [0.717, 1.165) is 12.1 Å². The molecule has 1 saturated carbocycles. The van der Waals surface area contributed by atoms with Crippen LogP contribution in [0.4, 0.5) is 24.5 Å². The lowest BCUT2D eigenvalue weighted by Gasteiger charge is -2.10. The molecule has 0 spiro atoms. The maximum atomic E-state index is 14.2. The van der Waals surface area contributed by atoms with Crippen LogP contribution in [0.25, 0.3) is 0 Å². The van der Waals surface area contributed by atoms with Gasteiger partial charge in [-0.1, -0.05) is 23.7 Å². The predicted molar refractivity (Wildman–Crippen MR) is 134 cm³/mol. The average molecular weight is 607 g/mol. The Balaban J connectivity index is 1.52. The van der Waals surface area contributed by atoms with E-state index in [9.17, 15) is 22.8 Å². The van der Waals surface area contributed by atoms with Crippen LogP contribution in [-0.2, 0) is 11.2 Å². The van der Waals surface area contributed by atoms with Gasteiger partial charge in [0, 0.05) is 23.6 Å². The molecular weight excluding hydrogens is 592 g/mol. The number of amides is 1. The standard InChI is InChI=1S/C24H15BrCl3F3N2O2/c25-14-7-10(1-5-16(14)29)19-20(24(19,27)28)23(35)33-12-3-4-15(26)13(9-12)18(34)8-11-2-6-17(30)22(32)21(11)31/h1-7,9,19-20H,8,32H2,(H,33,35)/t19-,20+/m0/s1. The van der Waals surface area contributed by atoms with Crippen molar-refractivity contribution in [2.24, 2.45) is 5.92 Å². The van der Waals surface area contributed by atoms with Gasteiger partial charge in [-0.2, -0.15) is 0 Å². The highest BCUT2D eigenvalue weighted by molar-refractivity contribution is 9.10. The highest BCUT2D eigenvalue weighted by Gasteiger charge is 2.67. The zero-order valence-corrected chi connectivity index (χ0v) is 21.4. The normalized spacial score (nSPS) is 18.3. The van der Waals surface area contributed by atoms with Crippen molar-refractivity contribution >= 4 is 73.8 Å². The molecule has 182 valence electrons. The number of anilines is 2. The summed E-state index contributed by atoms with van der Waals surface area (Å²) < 4.78 is 40.0. The monoisotopic (exact) mass is 604 g/mol. The molecule has 3 aromatic rings. The molecule has 3 aromatic carbocycles. The van der Waals surface area contributed by atoms with Crippen LogP contribution in [0, 0.1) is 23.4 Å². The number of carbonyl (C=O) groups excluding carboxylic acids is 2. The second-order valence-electron chi connectivity index (χ2n) is 8.02. The van der Waals surface area contributed by atoms with Gasteiger partial charge in [0.2, 0.25) is 5.91 Å². The van der Waals surface area contributed by atoms with Crippen LogP contribution in [0.2, 0.25) is 5.02 Å². The van der Waals surface area contributed by atoms with Crippen molar-refractivity contribution in [3.63, 3.8) is 0 Å². The van der Waals surface area contributed by atoms with Crippen LogP contribution in [0.1, 0.15) is 27.4 Å². The van der Waals surface area contributed by atoms with Gasteiger partial charge in [-0.25, -0.2) is 13.2 Å². The predicted octanol–water partition coefficient (Wildman–Crippen LogP) is 7.05. The van der Waals surface area contributed by atoms with E-state index < -0.39 is 57.4 Å². The zero-order valence-electron chi connectivity index (χ0n) is 17.5. The molecular formula is C24H15BrCl3F3N2O2. The number of carbonyl (C=O) groups is 2. The smallest absolute Gasteiger partial charge is 0.231 e. The molecule has 4 rings (SSSR count). The second kappa shape index (κ2) is 9.65. The van der Waals surface area contributed by atoms with Crippen LogP contribution in [0.3, 0.4) is 0 Å². The molecule has 0 aromatic heterocycles.